The number of nitrogens with two attached hydrogens (primary N) is 1. The van der Waals surface area contributed by atoms with Gasteiger partial charge in [-0.2, -0.15) is 0 Å². The fourth-order valence-electron chi connectivity index (χ4n) is 1.58. The lowest BCUT2D eigenvalue weighted by Gasteiger charge is -1.96. The number of fused-ring (bicyclic) bond motifs is 1. The van der Waals surface area contributed by atoms with Crippen molar-refractivity contribution in [2.75, 3.05) is 6.54 Å². The molecule has 0 aliphatic rings. The Labute approximate surface area is 95.6 Å². The van der Waals surface area contributed by atoms with Crippen LogP contribution in [0.3, 0.4) is 0 Å². The Morgan fingerprint density at radius 2 is 2.21 bits per heavy atom. The van der Waals surface area contributed by atoms with Crippen LogP contribution in [0.4, 0.5) is 0 Å². The minimum absolute atomic E-state index is 0.647. The monoisotopic (exact) mass is 272 g/mol. The van der Waals surface area contributed by atoms with Crippen molar-refractivity contribution < 1.29 is 0 Å². The van der Waals surface area contributed by atoms with Gasteiger partial charge in [0, 0.05) is 15.9 Å². The van der Waals surface area contributed by atoms with E-state index in [-0.39, 0.29) is 0 Å². The van der Waals surface area contributed by atoms with Crippen molar-refractivity contribution in [3.63, 3.8) is 0 Å². The highest BCUT2D eigenvalue weighted by Gasteiger charge is 2.08. The normalized spacial score (nSPS) is 11.1. The van der Waals surface area contributed by atoms with Crippen molar-refractivity contribution in [3.8, 4) is 0 Å². The summed E-state index contributed by atoms with van der Waals surface area (Å²) in [5, 5.41) is 1.93. The molecular weight excluding hydrogens is 263 g/mol. The summed E-state index contributed by atoms with van der Waals surface area (Å²) in [4.78, 5) is 3.23. The van der Waals surface area contributed by atoms with Crippen molar-refractivity contribution in [1.82, 2.24) is 4.98 Å². The molecular formula is C10H10BrClN2. The smallest absolute Gasteiger partial charge is 0.0863 e. The zero-order valence-electron chi connectivity index (χ0n) is 7.48. The van der Waals surface area contributed by atoms with Gasteiger partial charge in [-0.15, -0.1) is 0 Å². The van der Waals surface area contributed by atoms with Gasteiger partial charge in [-0.05, 0) is 46.6 Å². The Kier molecular flexibility index (Phi) is 2.81. The second-order valence-electron chi connectivity index (χ2n) is 3.15. The highest BCUT2D eigenvalue weighted by molar-refractivity contribution is 9.10. The van der Waals surface area contributed by atoms with Crippen LogP contribution in [0.25, 0.3) is 10.9 Å². The van der Waals surface area contributed by atoms with Crippen LogP contribution >= 0.6 is 27.5 Å². The Morgan fingerprint density at radius 1 is 1.43 bits per heavy atom. The molecule has 0 unspecified atom stereocenters. The number of benzene rings is 1. The van der Waals surface area contributed by atoms with E-state index in [0.29, 0.717) is 6.54 Å². The highest BCUT2D eigenvalue weighted by Crippen LogP contribution is 2.28. The van der Waals surface area contributed by atoms with Gasteiger partial charge in [-0.25, -0.2) is 0 Å². The molecule has 3 N–H and O–H groups in total. The van der Waals surface area contributed by atoms with Crippen molar-refractivity contribution in [3.05, 3.63) is 33.4 Å². The number of halogens is 2. The Morgan fingerprint density at radius 3 is 2.93 bits per heavy atom. The van der Waals surface area contributed by atoms with Gasteiger partial charge in [0.15, 0.2) is 0 Å². The first-order valence-electron chi connectivity index (χ1n) is 4.38. The maximum atomic E-state index is 5.90. The average Bonchev–Trinajstić information content (AvgIpc) is 2.43. The second kappa shape index (κ2) is 3.93. The summed E-state index contributed by atoms with van der Waals surface area (Å²) in [5.41, 5.74) is 7.82. The maximum Gasteiger partial charge on any atom is 0.0863 e. The highest BCUT2D eigenvalue weighted by atomic mass is 79.9. The summed E-state index contributed by atoms with van der Waals surface area (Å²) in [6.45, 7) is 0.647. The number of hydrogen-bond acceptors (Lipinski definition) is 1. The summed E-state index contributed by atoms with van der Waals surface area (Å²) in [5.74, 6) is 0. The third-order valence-electron chi connectivity index (χ3n) is 2.21. The summed E-state index contributed by atoms with van der Waals surface area (Å²) >= 11 is 9.38. The molecule has 14 heavy (non-hydrogen) atoms. The minimum Gasteiger partial charge on any atom is -0.349 e. The van der Waals surface area contributed by atoms with E-state index in [4.69, 9.17) is 17.3 Å². The van der Waals surface area contributed by atoms with Crippen molar-refractivity contribution in [2.45, 2.75) is 6.42 Å². The minimum atomic E-state index is 0.647. The molecule has 0 aliphatic heterocycles. The lowest BCUT2D eigenvalue weighted by atomic mass is 10.1. The predicted molar refractivity (Wildman–Crippen MR) is 63.8 cm³/mol. The molecule has 0 radical (unpaired) electrons. The molecule has 2 rings (SSSR count). The van der Waals surface area contributed by atoms with E-state index in [9.17, 15) is 0 Å². The molecule has 0 bridgehead atoms. The predicted octanol–water partition coefficient (Wildman–Crippen LogP) is 3.09. The van der Waals surface area contributed by atoms with Crippen LogP contribution in [-0.2, 0) is 6.42 Å². The molecule has 0 aliphatic carbocycles. The van der Waals surface area contributed by atoms with Crippen molar-refractivity contribution in [1.29, 1.82) is 0 Å². The van der Waals surface area contributed by atoms with E-state index in [0.717, 1.165) is 21.6 Å². The zero-order chi connectivity index (χ0) is 10.1. The number of aromatic nitrogens is 1. The first kappa shape index (κ1) is 10.0. The molecule has 1 heterocycles. The van der Waals surface area contributed by atoms with Gasteiger partial charge in [-0.3, -0.25) is 0 Å². The van der Waals surface area contributed by atoms with Crippen LogP contribution in [0.1, 0.15) is 5.56 Å². The van der Waals surface area contributed by atoms with Crippen LogP contribution in [0.15, 0.2) is 22.8 Å². The zero-order valence-corrected chi connectivity index (χ0v) is 9.82. The van der Waals surface area contributed by atoms with Gasteiger partial charge in [-0.1, -0.05) is 17.7 Å². The first-order valence-corrected chi connectivity index (χ1v) is 5.55. The maximum absolute atomic E-state index is 5.90. The van der Waals surface area contributed by atoms with Crippen LogP contribution in [0.5, 0.6) is 0 Å². The second-order valence-corrected chi connectivity index (χ2v) is 4.38. The lowest BCUT2D eigenvalue weighted by Crippen LogP contribution is -2.02. The molecule has 2 nitrogen and oxygen atoms in total. The molecule has 0 spiro atoms. The van der Waals surface area contributed by atoms with Gasteiger partial charge in [0.05, 0.1) is 4.60 Å². The molecule has 2 aromatic rings. The Balaban J connectivity index is 2.64. The van der Waals surface area contributed by atoms with E-state index in [2.05, 4.69) is 20.9 Å². The van der Waals surface area contributed by atoms with E-state index in [1.54, 1.807) is 0 Å². The first-order chi connectivity index (χ1) is 6.72. The molecule has 0 fully saturated rings. The molecule has 0 amide bonds. The third-order valence-corrected chi connectivity index (χ3v) is 3.12. The van der Waals surface area contributed by atoms with E-state index < -0.39 is 0 Å². The van der Waals surface area contributed by atoms with Gasteiger partial charge in [0.2, 0.25) is 0 Å². The molecule has 0 atom stereocenters. The van der Waals surface area contributed by atoms with E-state index in [1.165, 1.54) is 10.9 Å². The molecule has 1 aromatic heterocycles. The Bertz CT molecular complexity index is 464. The number of aromatic amines is 1. The summed E-state index contributed by atoms with van der Waals surface area (Å²) < 4.78 is 1.00. The lowest BCUT2D eigenvalue weighted by molar-refractivity contribution is 0.970. The van der Waals surface area contributed by atoms with Gasteiger partial charge in [0.1, 0.15) is 0 Å². The summed E-state index contributed by atoms with van der Waals surface area (Å²) in [6, 6.07) is 5.83. The third kappa shape index (κ3) is 1.67. The summed E-state index contributed by atoms with van der Waals surface area (Å²) in [7, 11) is 0. The van der Waals surface area contributed by atoms with E-state index >= 15 is 0 Å². The van der Waals surface area contributed by atoms with Crippen LogP contribution in [0.2, 0.25) is 5.02 Å². The standard InChI is InChI=1S/C10H10BrClN2/c11-10-8(3-4-13)7-2-1-6(12)5-9(7)14-10/h1-2,5,14H,3-4,13H2. The summed E-state index contributed by atoms with van der Waals surface area (Å²) in [6.07, 6.45) is 0.863. The fraction of sp³-hybridized carbons (Fsp3) is 0.200. The topological polar surface area (TPSA) is 41.8 Å². The van der Waals surface area contributed by atoms with Crippen LogP contribution < -0.4 is 5.73 Å². The number of hydrogen-bond donors (Lipinski definition) is 2. The number of nitrogens with one attached hydrogen (secondary N) is 1. The Hall–Kier alpha value is -0.510. The van der Waals surface area contributed by atoms with Gasteiger partial charge in [0.25, 0.3) is 0 Å². The fourth-order valence-corrected chi connectivity index (χ4v) is 2.38. The van der Waals surface area contributed by atoms with Crippen LogP contribution in [-0.4, -0.2) is 11.5 Å². The molecule has 74 valence electrons. The number of H-pyrrole nitrogens is 1. The van der Waals surface area contributed by atoms with Gasteiger partial charge >= 0.3 is 0 Å². The largest absolute Gasteiger partial charge is 0.349 e. The van der Waals surface area contributed by atoms with Crippen LogP contribution in [0, 0.1) is 0 Å². The quantitative estimate of drug-likeness (QED) is 0.867. The number of rotatable bonds is 2. The van der Waals surface area contributed by atoms with E-state index in [1.807, 2.05) is 18.2 Å². The van der Waals surface area contributed by atoms with Crippen molar-refractivity contribution in [2.24, 2.45) is 5.73 Å². The van der Waals surface area contributed by atoms with Gasteiger partial charge < -0.3 is 10.7 Å². The molecule has 1 aromatic carbocycles. The SMILES string of the molecule is NCCc1c(Br)[nH]c2cc(Cl)ccc12. The molecule has 0 saturated heterocycles. The van der Waals surface area contributed by atoms with Crippen molar-refractivity contribution >= 4 is 38.4 Å². The molecule has 0 saturated carbocycles. The average molecular weight is 274 g/mol. The molecule has 4 heteroatoms.